The monoisotopic (exact) mass is 402 g/mol. The molecule has 4 aromatic rings. The molecule has 0 spiro atoms. The van der Waals surface area contributed by atoms with Crippen LogP contribution in [0.25, 0.3) is 16.8 Å². The van der Waals surface area contributed by atoms with Crippen LogP contribution in [0.15, 0.2) is 55.6 Å². The van der Waals surface area contributed by atoms with Crippen LogP contribution >= 0.6 is 0 Å². The number of aryl methyl sites for hydroxylation is 2. The van der Waals surface area contributed by atoms with Crippen molar-refractivity contribution in [1.82, 2.24) is 29.4 Å². The third-order valence-electron chi connectivity index (χ3n) is 4.44. The molecule has 2 N–H and O–H groups in total. The fourth-order valence-corrected chi connectivity index (χ4v) is 2.90. The maximum absolute atomic E-state index is 12.8. The Morgan fingerprint density at radius 1 is 1.13 bits per heavy atom. The van der Waals surface area contributed by atoms with Crippen LogP contribution in [0.3, 0.4) is 0 Å². The van der Waals surface area contributed by atoms with Crippen LogP contribution in [-0.2, 0) is 11.8 Å². The summed E-state index contributed by atoms with van der Waals surface area (Å²) in [7, 11) is 1.84. The topological polar surface area (TPSA) is 119 Å². The first-order valence-electron chi connectivity index (χ1n) is 9.00. The minimum absolute atomic E-state index is 0.127. The lowest BCUT2D eigenvalue weighted by Gasteiger charge is -2.09. The predicted octanol–water partition coefficient (Wildman–Crippen LogP) is 2.21. The molecule has 0 saturated heterocycles. The van der Waals surface area contributed by atoms with Crippen LogP contribution in [0.2, 0.25) is 0 Å². The Bertz CT molecular complexity index is 1290. The first kappa shape index (κ1) is 19.0. The molecule has 10 heteroatoms. The highest BCUT2D eigenvalue weighted by atomic mass is 16.2. The summed E-state index contributed by atoms with van der Waals surface area (Å²) < 4.78 is 3.31. The fourth-order valence-electron chi connectivity index (χ4n) is 2.90. The van der Waals surface area contributed by atoms with E-state index in [0.717, 1.165) is 17.2 Å². The highest BCUT2D eigenvalue weighted by molar-refractivity contribution is 6.03. The van der Waals surface area contributed by atoms with Crippen LogP contribution in [0, 0.1) is 6.92 Å². The second-order valence-electron chi connectivity index (χ2n) is 6.57. The summed E-state index contributed by atoms with van der Waals surface area (Å²) in [6, 6.07) is 5.31. The fraction of sp³-hybridized carbons (Fsp3) is 0.100. The molecule has 0 radical (unpaired) electrons. The van der Waals surface area contributed by atoms with Crippen LogP contribution < -0.4 is 10.6 Å². The molecule has 4 rings (SSSR count). The van der Waals surface area contributed by atoms with Gasteiger partial charge in [0, 0.05) is 25.0 Å². The third kappa shape index (κ3) is 3.65. The largest absolute Gasteiger partial charge is 0.321 e. The molecule has 0 aliphatic rings. The first-order chi connectivity index (χ1) is 14.4. The van der Waals surface area contributed by atoms with E-state index in [1.807, 2.05) is 25.4 Å². The second-order valence-corrected chi connectivity index (χ2v) is 6.57. The number of hydrogen-bond acceptors (Lipinski definition) is 6. The predicted molar refractivity (Wildman–Crippen MR) is 111 cm³/mol. The zero-order valence-corrected chi connectivity index (χ0v) is 16.3. The molecule has 0 fully saturated rings. The van der Waals surface area contributed by atoms with Gasteiger partial charge in [-0.2, -0.15) is 5.10 Å². The molecule has 4 heterocycles. The van der Waals surface area contributed by atoms with Crippen molar-refractivity contribution in [3.63, 3.8) is 0 Å². The third-order valence-corrected chi connectivity index (χ3v) is 4.44. The van der Waals surface area contributed by atoms with Crippen LogP contribution in [0.5, 0.6) is 0 Å². The number of rotatable bonds is 5. The van der Waals surface area contributed by atoms with Gasteiger partial charge in [0.25, 0.3) is 5.91 Å². The van der Waals surface area contributed by atoms with Gasteiger partial charge in [-0.15, -0.1) is 10.2 Å². The summed E-state index contributed by atoms with van der Waals surface area (Å²) in [4.78, 5) is 28.5. The van der Waals surface area contributed by atoms with Gasteiger partial charge in [0.05, 0.1) is 29.5 Å². The number of pyridine rings is 2. The van der Waals surface area contributed by atoms with E-state index in [0.29, 0.717) is 22.7 Å². The molecule has 0 bridgehead atoms. The Hall–Kier alpha value is -4.34. The zero-order chi connectivity index (χ0) is 21.3. The number of nitrogens with zero attached hydrogens (tertiary/aromatic N) is 6. The molecule has 0 aliphatic heterocycles. The van der Waals surface area contributed by atoms with Crippen molar-refractivity contribution >= 4 is 28.8 Å². The van der Waals surface area contributed by atoms with Crippen molar-refractivity contribution in [3.8, 4) is 11.1 Å². The van der Waals surface area contributed by atoms with Crippen LogP contribution in [0.4, 0.5) is 11.4 Å². The van der Waals surface area contributed by atoms with Gasteiger partial charge in [-0.05, 0) is 36.8 Å². The van der Waals surface area contributed by atoms with Crippen molar-refractivity contribution in [3.05, 3.63) is 67.2 Å². The Morgan fingerprint density at radius 3 is 2.70 bits per heavy atom. The van der Waals surface area contributed by atoms with Gasteiger partial charge in [-0.3, -0.25) is 23.7 Å². The highest BCUT2D eigenvalue weighted by Crippen LogP contribution is 2.21. The summed E-state index contributed by atoms with van der Waals surface area (Å²) in [5, 5.41) is 17.7. The minimum atomic E-state index is -0.450. The second kappa shape index (κ2) is 7.59. The van der Waals surface area contributed by atoms with E-state index in [2.05, 4.69) is 37.5 Å². The molecular formula is C20H18N8O2. The lowest BCUT2D eigenvalue weighted by atomic mass is 10.1. The summed E-state index contributed by atoms with van der Waals surface area (Å²) in [5.74, 6) is -0.692. The number of carbonyl (C=O) groups is 2. The molecule has 10 nitrogen and oxygen atoms in total. The SMILES string of the molecule is C=CC(=O)Nc1cnc(C)c(NC(=O)c2nnc3cc(-c4cnn(C)c4)ccn23)c1. The van der Waals surface area contributed by atoms with E-state index in [1.54, 1.807) is 34.5 Å². The van der Waals surface area contributed by atoms with Crippen molar-refractivity contribution in [1.29, 1.82) is 0 Å². The quantitative estimate of drug-likeness (QED) is 0.494. The zero-order valence-electron chi connectivity index (χ0n) is 16.3. The van der Waals surface area contributed by atoms with Crippen LogP contribution in [0.1, 0.15) is 16.3 Å². The minimum Gasteiger partial charge on any atom is -0.321 e. The Labute approximate surface area is 171 Å². The van der Waals surface area contributed by atoms with Gasteiger partial charge in [0.1, 0.15) is 0 Å². The van der Waals surface area contributed by atoms with E-state index >= 15 is 0 Å². The van der Waals surface area contributed by atoms with E-state index in [9.17, 15) is 9.59 Å². The molecule has 2 amide bonds. The lowest BCUT2D eigenvalue weighted by Crippen LogP contribution is -2.17. The van der Waals surface area contributed by atoms with Crippen LogP contribution in [-0.4, -0.2) is 41.2 Å². The molecule has 150 valence electrons. The number of hydrogen-bond donors (Lipinski definition) is 2. The van der Waals surface area contributed by atoms with E-state index in [4.69, 9.17) is 0 Å². The molecule has 0 unspecified atom stereocenters. The number of carbonyl (C=O) groups excluding carboxylic acids is 2. The maximum Gasteiger partial charge on any atom is 0.294 e. The van der Waals surface area contributed by atoms with Crippen molar-refractivity contribution in [2.45, 2.75) is 6.92 Å². The number of nitrogens with one attached hydrogen (secondary N) is 2. The molecule has 0 saturated carbocycles. The normalized spacial score (nSPS) is 10.7. The van der Waals surface area contributed by atoms with Gasteiger partial charge in [-0.1, -0.05) is 6.58 Å². The molecule has 4 aromatic heterocycles. The standard InChI is InChI=1S/C20H18N8O2/c1-4-18(29)23-15-8-16(12(2)21-10-15)24-20(30)19-26-25-17-7-13(5-6-28(17)19)14-9-22-27(3)11-14/h4-11H,1H2,2-3H3,(H,23,29)(H,24,30). The van der Waals surface area contributed by atoms with Gasteiger partial charge in [0.2, 0.25) is 11.7 Å². The average molecular weight is 402 g/mol. The first-order valence-corrected chi connectivity index (χ1v) is 9.00. The van der Waals surface area contributed by atoms with Crippen molar-refractivity contribution in [2.24, 2.45) is 7.05 Å². The molecule has 0 atom stereocenters. The van der Waals surface area contributed by atoms with E-state index < -0.39 is 5.91 Å². The molecule has 30 heavy (non-hydrogen) atoms. The number of anilines is 2. The number of amides is 2. The van der Waals surface area contributed by atoms with Gasteiger partial charge in [-0.25, -0.2) is 0 Å². The van der Waals surface area contributed by atoms with Gasteiger partial charge in [0.15, 0.2) is 5.65 Å². The number of fused-ring (bicyclic) bond motifs is 1. The van der Waals surface area contributed by atoms with E-state index in [-0.39, 0.29) is 11.7 Å². The van der Waals surface area contributed by atoms with Crippen molar-refractivity contribution in [2.75, 3.05) is 10.6 Å². The molecule has 0 aliphatic carbocycles. The molecule has 0 aromatic carbocycles. The average Bonchev–Trinajstić information content (AvgIpc) is 3.36. The lowest BCUT2D eigenvalue weighted by molar-refractivity contribution is -0.111. The Balaban J connectivity index is 1.60. The smallest absolute Gasteiger partial charge is 0.294 e. The molecular weight excluding hydrogens is 384 g/mol. The Morgan fingerprint density at radius 2 is 1.97 bits per heavy atom. The summed E-state index contributed by atoms with van der Waals surface area (Å²) in [6.45, 7) is 5.16. The van der Waals surface area contributed by atoms with Gasteiger partial charge >= 0.3 is 0 Å². The van der Waals surface area contributed by atoms with Gasteiger partial charge < -0.3 is 10.6 Å². The summed E-state index contributed by atoms with van der Waals surface area (Å²) >= 11 is 0. The Kier molecular flexibility index (Phi) is 4.80. The van der Waals surface area contributed by atoms with Crippen molar-refractivity contribution < 1.29 is 9.59 Å². The number of aromatic nitrogens is 6. The highest BCUT2D eigenvalue weighted by Gasteiger charge is 2.17. The summed E-state index contributed by atoms with van der Waals surface area (Å²) in [5.41, 5.74) is 3.87. The summed E-state index contributed by atoms with van der Waals surface area (Å²) in [6.07, 6.45) is 8.03. The maximum atomic E-state index is 12.8. The van der Waals surface area contributed by atoms with E-state index in [1.165, 1.54) is 6.20 Å².